The summed E-state index contributed by atoms with van der Waals surface area (Å²) < 4.78 is 0. The van der Waals surface area contributed by atoms with Crippen LogP contribution in [0, 0.1) is 5.41 Å². The average Bonchev–Trinajstić information content (AvgIpc) is 3.26. The zero-order chi connectivity index (χ0) is 19.7. The largest absolute Gasteiger partial charge is 0.340 e. The number of piperidine rings is 1. The van der Waals surface area contributed by atoms with Crippen LogP contribution in [0.15, 0.2) is 24.5 Å². The zero-order valence-corrected chi connectivity index (χ0v) is 15.6. The molecule has 0 bridgehead atoms. The minimum absolute atomic E-state index is 0.0716. The van der Waals surface area contributed by atoms with Crippen LogP contribution in [0.1, 0.15) is 24.8 Å². The molecule has 1 N–H and O–H groups in total. The third-order valence-corrected chi connectivity index (χ3v) is 5.86. The topological polar surface area (TPSA) is 103 Å². The van der Waals surface area contributed by atoms with E-state index in [2.05, 4.69) is 10.3 Å². The lowest BCUT2D eigenvalue weighted by Gasteiger charge is -2.39. The van der Waals surface area contributed by atoms with Crippen molar-refractivity contribution < 1.29 is 19.2 Å². The maximum atomic E-state index is 13.2. The van der Waals surface area contributed by atoms with Crippen LogP contribution in [-0.4, -0.2) is 76.2 Å². The number of amides is 5. The summed E-state index contributed by atoms with van der Waals surface area (Å²) in [6.45, 7) is 1.69. The number of aromatic nitrogens is 1. The molecular weight excluding hydrogens is 362 g/mol. The van der Waals surface area contributed by atoms with E-state index in [1.807, 2.05) is 17.0 Å². The Morgan fingerprint density at radius 1 is 1.21 bits per heavy atom. The van der Waals surface area contributed by atoms with Crippen LogP contribution in [0.3, 0.4) is 0 Å². The summed E-state index contributed by atoms with van der Waals surface area (Å²) in [5.74, 6) is -0.615. The van der Waals surface area contributed by atoms with Gasteiger partial charge in [-0.25, -0.2) is 4.79 Å². The molecule has 4 rings (SSSR count). The van der Waals surface area contributed by atoms with Crippen LogP contribution < -0.4 is 5.32 Å². The number of nitrogens with zero attached hydrogens (tertiary/aromatic N) is 4. The van der Waals surface area contributed by atoms with Gasteiger partial charge >= 0.3 is 6.03 Å². The van der Waals surface area contributed by atoms with Crippen molar-refractivity contribution in [3.63, 3.8) is 0 Å². The van der Waals surface area contributed by atoms with Crippen molar-refractivity contribution in [2.24, 2.45) is 5.41 Å². The first-order valence-corrected chi connectivity index (χ1v) is 9.53. The van der Waals surface area contributed by atoms with Gasteiger partial charge in [0.2, 0.25) is 11.8 Å². The molecule has 5 amide bonds. The highest BCUT2D eigenvalue weighted by molar-refractivity contribution is 6.04. The zero-order valence-electron chi connectivity index (χ0n) is 15.6. The van der Waals surface area contributed by atoms with E-state index in [9.17, 15) is 19.2 Å². The first-order chi connectivity index (χ1) is 13.5. The number of carbonyl (C=O) groups excluding carboxylic acids is 4. The maximum Gasteiger partial charge on any atom is 0.325 e. The fourth-order valence-corrected chi connectivity index (χ4v) is 4.33. The summed E-state index contributed by atoms with van der Waals surface area (Å²) in [5.41, 5.74) is 0.422. The minimum atomic E-state index is -0.562. The summed E-state index contributed by atoms with van der Waals surface area (Å²) >= 11 is 0. The molecule has 3 fully saturated rings. The molecule has 9 heteroatoms. The SMILES string of the molecule is O=C(CN1C(=O)CNC1=O)N1CC[C@@]2(CCCN(Cc3cccnc3)C2=O)C1. The molecule has 1 spiro atoms. The smallest absolute Gasteiger partial charge is 0.325 e. The highest BCUT2D eigenvalue weighted by Gasteiger charge is 2.49. The van der Waals surface area contributed by atoms with Crippen molar-refractivity contribution in [3.05, 3.63) is 30.1 Å². The van der Waals surface area contributed by atoms with Crippen molar-refractivity contribution in [2.45, 2.75) is 25.8 Å². The Hall–Kier alpha value is -2.97. The predicted molar refractivity (Wildman–Crippen MR) is 97.6 cm³/mol. The lowest BCUT2D eigenvalue weighted by Crippen LogP contribution is -2.50. The van der Waals surface area contributed by atoms with Gasteiger partial charge in [-0.3, -0.25) is 24.3 Å². The van der Waals surface area contributed by atoms with Crippen molar-refractivity contribution in [1.82, 2.24) is 25.0 Å². The summed E-state index contributed by atoms with van der Waals surface area (Å²) in [7, 11) is 0. The number of imide groups is 1. The second-order valence-electron chi connectivity index (χ2n) is 7.68. The molecular formula is C19H23N5O4. The third-order valence-electron chi connectivity index (χ3n) is 5.86. The van der Waals surface area contributed by atoms with E-state index in [0.717, 1.165) is 23.3 Å². The molecule has 0 aromatic carbocycles. The highest BCUT2D eigenvalue weighted by atomic mass is 16.2. The van der Waals surface area contributed by atoms with E-state index in [1.165, 1.54) is 0 Å². The van der Waals surface area contributed by atoms with Crippen LogP contribution in [0.25, 0.3) is 0 Å². The van der Waals surface area contributed by atoms with Gasteiger partial charge < -0.3 is 15.1 Å². The number of carbonyl (C=O) groups is 4. The van der Waals surface area contributed by atoms with Crippen molar-refractivity contribution >= 4 is 23.8 Å². The van der Waals surface area contributed by atoms with Crippen molar-refractivity contribution in [1.29, 1.82) is 0 Å². The van der Waals surface area contributed by atoms with E-state index >= 15 is 0 Å². The molecule has 4 heterocycles. The van der Waals surface area contributed by atoms with Gasteiger partial charge in [0, 0.05) is 38.6 Å². The molecule has 1 aromatic heterocycles. The van der Waals surface area contributed by atoms with Gasteiger partial charge in [0.25, 0.3) is 5.91 Å². The van der Waals surface area contributed by atoms with Gasteiger partial charge in [-0.05, 0) is 30.9 Å². The molecule has 0 saturated carbocycles. The standard InChI is InChI=1S/C19H23N5O4/c25-15-10-21-18(28)24(15)12-16(26)23-8-5-19(13-23)4-2-7-22(17(19)27)11-14-3-1-6-20-9-14/h1,3,6,9H,2,4-5,7-8,10-13H2,(H,21,28)/t19-/m0/s1. The molecule has 3 saturated heterocycles. The fraction of sp³-hybridized carbons (Fsp3) is 0.526. The molecule has 3 aliphatic rings. The summed E-state index contributed by atoms with van der Waals surface area (Å²) in [4.78, 5) is 57.7. The van der Waals surface area contributed by atoms with Crippen LogP contribution >= 0.6 is 0 Å². The lowest BCUT2D eigenvalue weighted by atomic mass is 9.78. The average molecular weight is 385 g/mol. The Morgan fingerprint density at radius 3 is 2.79 bits per heavy atom. The van der Waals surface area contributed by atoms with Crippen LogP contribution in [0.4, 0.5) is 4.79 Å². The van der Waals surface area contributed by atoms with E-state index in [0.29, 0.717) is 32.6 Å². The molecule has 1 aromatic rings. The molecule has 0 unspecified atom stereocenters. The second kappa shape index (κ2) is 7.21. The lowest BCUT2D eigenvalue weighted by molar-refractivity contribution is -0.147. The Kier molecular flexibility index (Phi) is 4.74. The second-order valence-corrected chi connectivity index (χ2v) is 7.68. The number of urea groups is 1. The van der Waals surface area contributed by atoms with Gasteiger partial charge in [-0.2, -0.15) is 0 Å². The van der Waals surface area contributed by atoms with Gasteiger partial charge in [-0.1, -0.05) is 6.07 Å². The Labute approximate surface area is 162 Å². The summed E-state index contributed by atoms with van der Waals surface area (Å²) in [6.07, 6.45) is 5.72. The Balaban J connectivity index is 1.41. The third kappa shape index (κ3) is 3.32. The number of likely N-dealkylation sites (tertiary alicyclic amines) is 2. The first-order valence-electron chi connectivity index (χ1n) is 9.53. The normalized spacial score (nSPS) is 25.0. The molecule has 9 nitrogen and oxygen atoms in total. The van der Waals surface area contributed by atoms with Crippen LogP contribution in [0.5, 0.6) is 0 Å². The number of rotatable bonds is 4. The summed E-state index contributed by atoms with van der Waals surface area (Å²) in [5, 5.41) is 2.41. The van der Waals surface area contributed by atoms with Crippen LogP contribution in [-0.2, 0) is 20.9 Å². The number of nitrogens with one attached hydrogen (secondary N) is 1. The predicted octanol–water partition coefficient (Wildman–Crippen LogP) is -0.0255. The molecule has 3 aliphatic heterocycles. The molecule has 1 atom stereocenters. The van der Waals surface area contributed by atoms with Crippen LogP contribution in [0.2, 0.25) is 0 Å². The van der Waals surface area contributed by atoms with Gasteiger partial charge in [-0.15, -0.1) is 0 Å². The van der Waals surface area contributed by atoms with Gasteiger partial charge in [0.1, 0.15) is 6.54 Å². The first kappa shape index (κ1) is 18.4. The minimum Gasteiger partial charge on any atom is -0.340 e. The maximum absolute atomic E-state index is 13.2. The quantitative estimate of drug-likeness (QED) is 0.734. The Bertz CT molecular complexity index is 798. The number of hydrogen-bond donors (Lipinski definition) is 1. The molecule has 148 valence electrons. The number of hydrogen-bond acceptors (Lipinski definition) is 5. The highest BCUT2D eigenvalue weighted by Crippen LogP contribution is 2.40. The van der Waals surface area contributed by atoms with E-state index in [-0.39, 0.29) is 24.9 Å². The number of pyridine rings is 1. The fourth-order valence-electron chi connectivity index (χ4n) is 4.33. The van der Waals surface area contributed by atoms with Gasteiger partial charge in [0.05, 0.1) is 12.0 Å². The van der Waals surface area contributed by atoms with E-state index in [1.54, 1.807) is 17.3 Å². The molecule has 0 radical (unpaired) electrons. The monoisotopic (exact) mass is 385 g/mol. The summed E-state index contributed by atoms with van der Waals surface area (Å²) in [6, 6.07) is 3.26. The van der Waals surface area contributed by atoms with Gasteiger partial charge in [0.15, 0.2) is 0 Å². The Morgan fingerprint density at radius 2 is 2.07 bits per heavy atom. The van der Waals surface area contributed by atoms with E-state index < -0.39 is 17.4 Å². The molecule has 0 aliphatic carbocycles. The molecule has 28 heavy (non-hydrogen) atoms. The van der Waals surface area contributed by atoms with Crippen molar-refractivity contribution in [2.75, 3.05) is 32.7 Å². The van der Waals surface area contributed by atoms with E-state index in [4.69, 9.17) is 0 Å². The van der Waals surface area contributed by atoms with Crippen molar-refractivity contribution in [3.8, 4) is 0 Å².